The molecule has 0 fully saturated rings. The molecule has 376 valence electrons. The Morgan fingerprint density at radius 3 is 0.587 bits per heavy atom. The molecule has 1 atom stereocenters. The standard InChI is InChI=1S/C60H118O3/c1-3-5-7-9-11-13-15-17-19-20-21-22-23-24-25-26-27-28-29-30-31-32-33-34-35-36-37-38-39-40-41-42-43-45-47-49-51-53-55-57-59(61)58(60(62)63)56-54-52-50-48-46-44-18-16-14-12-10-8-6-4-2/h58H,3-57H2,1-2H3,(H,62,63). The van der Waals surface area contributed by atoms with Gasteiger partial charge in [0.25, 0.3) is 0 Å². The Morgan fingerprint density at radius 1 is 0.254 bits per heavy atom. The Bertz CT molecular complexity index is 867. The van der Waals surface area contributed by atoms with Gasteiger partial charge in [0.05, 0.1) is 0 Å². The number of hydrogen-bond donors (Lipinski definition) is 1. The topological polar surface area (TPSA) is 54.4 Å². The largest absolute Gasteiger partial charge is 0.481 e. The predicted octanol–water partition coefficient (Wildman–Crippen LogP) is 21.8. The Morgan fingerprint density at radius 2 is 0.413 bits per heavy atom. The summed E-state index contributed by atoms with van der Waals surface area (Å²) in [6, 6.07) is 0. The van der Waals surface area contributed by atoms with Crippen molar-refractivity contribution in [2.45, 2.75) is 367 Å². The lowest BCUT2D eigenvalue weighted by Crippen LogP contribution is -2.23. The fourth-order valence-corrected chi connectivity index (χ4v) is 10.1. The number of aliphatic carboxylic acids is 1. The normalized spacial score (nSPS) is 12.1. The molecule has 3 heteroatoms. The maximum Gasteiger partial charge on any atom is 0.314 e. The first-order valence-electron chi connectivity index (χ1n) is 29.9. The molecule has 0 aliphatic rings. The number of hydrogen-bond acceptors (Lipinski definition) is 2. The molecule has 0 aliphatic heterocycles. The maximum absolute atomic E-state index is 12.7. The number of Topliss-reactive ketones (excluding diaryl/α,β-unsaturated/α-hetero) is 1. The van der Waals surface area contributed by atoms with Gasteiger partial charge in [-0.1, -0.05) is 348 Å². The number of carbonyl (C=O) groups excluding carboxylic acids is 1. The second-order valence-electron chi connectivity index (χ2n) is 20.9. The van der Waals surface area contributed by atoms with E-state index >= 15 is 0 Å². The van der Waals surface area contributed by atoms with Crippen molar-refractivity contribution >= 4 is 11.8 Å². The first kappa shape index (κ1) is 62.1. The molecular weight excluding hydrogens is 769 g/mol. The summed E-state index contributed by atoms with van der Waals surface area (Å²) in [7, 11) is 0. The van der Waals surface area contributed by atoms with Gasteiger partial charge in [0.2, 0.25) is 0 Å². The lowest BCUT2D eigenvalue weighted by atomic mass is 9.93. The predicted molar refractivity (Wildman–Crippen MR) is 281 cm³/mol. The molecule has 63 heavy (non-hydrogen) atoms. The Kier molecular flexibility index (Phi) is 54.7. The zero-order valence-electron chi connectivity index (χ0n) is 43.7. The van der Waals surface area contributed by atoms with Gasteiger partial charge >= 0.3 is 5.97 Å². The van der Waals surface area contributed by atoms with E-state index in [2.05, 4.69) is 13.8 Å². The Hall–Kier alpha value is -0.860. The van der Waals surface area contributed by atoms with E-state index in [0.717, 1.165) is 25.7 Å². The minimum Gasteiger partial charge on any atom is -0.481 e. The highest BCUT2D eigenvalue weighted by Gasteiger charge is 2.24. The van der Waals surface area contributed by atoms with Gasteiger partial charge < -0.3 is 5.11 Å². The average molecular weight is 888 g/mol. The van der Waals surface area contributed by atoms with Crippen molar-refractivity contribution in [3.05, 3.63) is 0 Å². The minimum atomic E-state index is -0.901. The molecule has 1 N–H and O–H groups in total. The van der Waals surface area contributed by atoms with Crippen LogP contribution in [0.2, 0.25) is 0 Å². The van der Waals surface area contributed by atoms with E-state index in [-0.39, 0.29) is 5.78 Å². The van der Waals surface area contributed by atoms with Crippen LogP contribution in [0.25, 0.3) is 0 Å². The zero-order chi connectivity index (χ0) is 45.6. The molecule has 0 bridgehead atoms. The van der Waals surface area contributed by atoms with E-state index in [0.29, 0.717) is 12.8 Å². The highest BCUT2D eigenvalue weighted by atomic mass is 16.4. The second-order valence-corrected chi connectivity index (χ2v) is 20.9. The molecule has 0 radical (unpaired) electrons. The van der Waals surface area contributed by atoms with Gasteiger partial charge in [0.1, 0.15) is 11.7 Å². The highest BCUT2D eigenvalue weighted by Crippen LogP contribution is 2.21. The summed E-state index contributed by atoms with van der Waals surface area (Å²) in [5.74, 6) is -1.70. The molecule has 0 saturated carbocycles. The van der Waals surface area contributed by atoms with Crippen molar-refractivity contribution in [1.29, 1.82) is 0 Å². The summed E-state index contributed by atoms with van der Waals surface area (Å²) in [6.45, 7) is 4.58. The quantitative estimate of drug-likeness (QED) is 0.0489. The van der Waals surface area contributed by atoms with Gasteiger partial charge in [0, 0.05) is 6.42 Å². The number of carbonyl (C=O) groups is 2. The van der Waals surface area contributed by atoms with E-state index in [1.165, 1.54) is 315 Å². The number of ketones is 1. The first-order valence-corrected chi connectivity index (χ1v) is 29.9. The molecule has 0 amide bonds. The summed E-state index contributed by atoms with van der Waals surface area (Å²) in [5, 5.41) is 9.66. The van der Waals surface area contributed by atoms with Crippen LogP contribution in [0, 0.1) is 5.92 Å². The van der Waals surface area contributed by atoms with Crippen LogP contribution in [-0.4, -0.2) is 16.9 Å². The van der Waals surface area contributed by atoms with Crippen LogP contribution in [0.1, 0.15) is 367 Å². The summed E-state index contributed by atoms with van der Waals surface area (Å²) < 4.78 is 0. The zero-order valence-corrected chi connectivity index (χ0v) is 43.7. The van der Waals surface area contributed by atoms with E-state index in [4.69, 9.17) is 0 Å². The monoisotopic (exact) mass is 887 g/mol. The molecule has 0 saturated heterocycles. The van der Waals surface area contributed by atoms with Gasteiger partial charge in [-0.3, -0.25) is 9.59 Å². The summed E-state index contributed by atoms with van der Waals surface area (Å²) >= 11 is 0. The van der Waals surface area contributed by atoms with Crippen molar-refractivity contribution in [1.82, 2.24) is 0 Å². The van der Waals surface area contributed by atoms with Gasteiger partial charge in [-0.05, 0) is 12.8 Å². The number of carboxylic acids is 1. The fourth-order valence-electron chi connectivity index (χ4n) is 10.1. The van der Waals surface area contributed by atoms with Gasteiger partial charge in [-0.25, -0.2) is 0 Å². The van der Waals surface area contributed by atoms with E-state index in [9.17, 15) is 14.7 Å². The average Bonchev–Trinajstić information content (AvgIpc) is 3.28. The van der Waals surface area contributed by atoms with Crippen LogP contribution >= 0.6 is 0 Å². The lowest BCUT2D eigenvalue weighted by molar-refractivity contribution is -0.146. The molecule has 0 heterocycles. The van der Waals surface area contributed by atoms with Gasteiger partial charge in [0.15, 0.2) is 0 Å². The second kappa shape index (κ2) is 55.5. The lowest BCUT2D eigenvalue weighted by Gasteiger charge is -2.11. The molecule has 0 spiro atoms. The third kappa shape index (κ3) is 52.0. The maximum atomic E-state index is 12.7. The van der Waals surface area contributed by atoms with E-state index in [1.54, 1.807) is 0 Å². The molecule has 3 nitrogen and oxygen atoms in total. The third-order valence-corrected chi connectivity index (χ3v) is 14.6. The molecule has 0 aromatic heterocycles. The van der Waals surface area contributed by atoms with Crippen LogP contribution in [0.4, 0.5) is 0 Å². The molecule has 1 unspecified atom stereocenters. The number of carboxylic acid groups (broad SMARTS) is 1. The van der Waals surface area contributed by atoms with Crippen molar-refractivity contribution < 1.29 is 14.7 Å². The van der Waals surface area contributed by atoms with Crippen LogP contribution in [-0.2, 0) is 9.59 Å². The first-order chi connectivity index (χ1) is 31.1. The van der Waals surface area contributed by atoms with Crippen molar-refractivity contribution in [2.75, 3.05) is 0 Å². The van der Waals surface area contributed by atoms with Crippen LogP contribution < -0.4 is 0 Å². The summed E-state index contributed by atoms with van der Waals surface area (Å²) in [5.41, 5.74) is 0. The molecular formula is C60H118O3. The molecule has 0 aromatic rings. The Balaban J connectivity index is 3.30. The highest BCUT2D eigenvalue weighted by molar-refractivity contribution is 5.98. The van der Waals surface area contributed by atoms with Gasteiger partial charge in [-0.15, -0.1) is 0 Å². The van der Waals surface area contributed by atoms with Crippen molar-refractivity contribution in [3.63, 3.8) is 0 Å². The van der Waals surface area contributed by atoms with Crippen LogP contribution in [0.15, 0.2) is 0 Å². The Labute approximate surface area is 397 Å². The SMILES string of the molecule is CCCCCCCCCCCCCCCCCCCCCCCCCCCCCCCCCCCCCCCCCC(=O)C(CCCCCCCCCCCCCCCC)C(=O)O. The fraction of sp³-hybridized carbons (Fsp3) is 0.967. The van der Waals surface area contributed by atoms with Gasteiger partial charge in [-0.2, -0.15) is 0 Å². The third-order valence-electron chi connectivity index (χ3n) is 14.6. The van der Waals surface area contributed by atoms with Crippen LogP contribution in [0.5, 0.6) is 0 Å². The van der Waals surface area contributed by atoms with Crippen LogP contribution in [0.3, 0.4) is 0 Å². The summed E-state index contributed by atoms with van der Waals surface area (Å²) in [4.78, 5) is 24.4. The summed E-state index contributed by atoms with van der Waals surface area (Å²) in [6.07, 6.45) is 74.2. The molecule has 0 aliphatic carbocycles. The minimum absolute atomic E-state index is 0.0289. The molecule has 0 aromatic carbocycles. The number of rotatable bonds is 57. The van der Waals surface area contributed by atoms with E-state index < -0.39 is 11.9 Å². The molecule has 0 rings (SSSR count). The van der Waals surface area contributed by atoms with Crippen molar-refractivity contribution in [2.24, 2.45) is 5.92 Å². The smallest absolute Gasteiger partial charge is 0.314 e. The van der Waals surface area contributed by atoms with E-state index in [1.807, 2.05) is 0 Å². The van der Waals surface area contributed by atoms with Crippen molar-refractivity contribution in [3.8, 4) is 0 Å². The number of unbranched alkanes of at least 4 members (excludes halogenated alkanes) is 51.